The summed E-state index contributed by atoms with van der Waals surface area (Å²) in [6, 6.07) is 13.8. The van der Waals surface area contributed by atoms with Crippen molar-refractivity contribution in [3.63, 3.8) is 0 Å². The van der Waals surface area contributed by atoms with Crippen LogP contribution in [0.2, 0.25) is 5.02 Å². The fraction of sp³-hybridized carbons (Fsp3) is 0.381. The standard InChI is InChI=1S/C21H26ClN3O/c1-3-24-10-12-25(13-11-24)20-9-8-18(22)15-19(20)23-21(26)14-17-6-4-16(2)5-7-17/h4-9,15H,3,10-14H2,1-2H3,(H,23,26). The van der Waals surface area contributed by atoms with Gasteiger partial charge in [0.05, 0.1) is 17.8 Å². The molecule has 0 saturated carbocycles. The summed E-state index contributed by atoms with van der Waals surface area (Å²) in [6.07, 6.45) is 0.357. The Kier molecular flexibility index (Phi) is 6.17. The van der Waals surface area contributed by atoms with E-state index in [1.54, 1.807) is 0 Å². The first-order valence-electron chi connectivity index (χ1n) is 9.17. The monoisotopic (exact) mass is 371 g/mol. The summed E-state index contributed by atoms with van der Waals surface area (Å²) >= 11 is 6.18. The summed E-state index contributed by atoms with van der Waals surface area (Å²) in [7, 11) is 0. The van der Waals surface area contributed by atoms with E-state index in [0.29, 0.717) is 11.4 Å². The average molecular weight is 372 g/mol. The van der Waals surface area contributed by atoms with Gasteiger partial charge in [-0.3, -0.25) is 4.79 Å². The maximum absolute atomic E-state index is 12.5. The van der Waals surface area contributed by atoms with Gasteiger partial charge in [-0.2, -0.15) is 0 Å². The molecule has 0 spiro atoms. The van der Waals surface area contributed by atoms with E-state index in [9.17, 15) is 4.79 Å². The van der Waals surface area contributed by atoms with Crippen LogP contribution >= 0.6 is 11.6 Å². The summed E-state index contributed by atoms with van der Waals surface area (Å²) in [6.45, 7) is 9.29. The lowest BCUT2D eigenvalue weighted by molar-refractivity contribution is -0.115. The Morgan fingerprint density at radius 1 is 1.08 bits per heavy atom. The Labute approximate surface area is 160 Å². The second-order valence-electron chi connectivity index (χ2n) is 6.79. The zero-order valence-electron chi connectivity index (χ0n) is 15.5. The van der Waals surface area contributed by atoms with Crippen LogP contribution in [0.4, 0.5) is 11.4 Å². The van der Waals surface area contributed by atoms with Crippen LogP contribution in [0.5, 0.6) is 0 Å². The summed E-state index contributed by atoms with van der Waals surface area (Å²) < 4.78 is 0. The number of likely N-dealkylation sites (N-methyl/N-ethyl adjacent to an activating group) is 1. The molecule has 1 amide bonds. The van der Waals surface area contributed by atoms with Crippen molar-refractivity contribution < 1.29 is 4.79 Å². The number of halogens is 1. The molecule has 1 heterocycles. The number of hydrogen-bond acceptors (Lipinski definition) is 3. The van der Waals surface area contributed by atoms with Crippen molar-refractivity contribution in [2.45, 2.75) is 20.3 Å². The maximum Gasteiger partial charge on any atom is 0.228 e. The molecule has 1 aliphatic heterocycles. The highest BCUT2D eigenvalue weighted by atomic mass is 35.5. The molecule has 26 heavy (non-hydrogen) atoms. The molecule has 3 rings (SSSR count). The molecule has 2 aromatic rings. The zero-order chi connectivity index (χ0) is 18.5. The lowest BCUT2D eigenvalue weighted by Gasteiger charge is -2.36. The molecule has 4 nitrogen and oxygen atoms in total. The van der Waals surface area contributed by atoms with Gasteiger partial charge in [-0.25, -0.2) is 0 Å². The van der Waals surface area contributed by atoms with Crippen molar-refractivity contribution in [1.82, 2.24) is 4.90 Å². The molecular weight excluding hydrogens is 346 g/mol. The van der Waals surface area contributed by atoms with Crippen LogP contribution in [-0.2, 0) is 11.2 Å². The molecule has 1 N–H and O–H groups in total. The number of hydrogen-bond donors (Lipinski definition) is 1. The molecular formula is C21H26ClN3O. The molecule has 0 bridgehead atoms. The van der Waals surface area contributed by atoms with Crippen molar-refractivity contribution in [2.75, 3.05) is 42.9 Å². The second-order valence-corrected chi connectivity index (χ2v) is 7.23. The van der Waals surface area contributed by atoms with E-state index in [0.717, 1.165) is 49.7 Å². The van der Waals surface area contributed by atoms with Crippen LogP contribution < -0.4 is 10.2 Å². The maximum atomic E-state index is 12.5. The molecule has 0 unspecified atom stereocenters. The number of carbonyl (C=O) groups is 1. The second kappa shape index (κ2) is 8.56. The largest absolute Gasteiger partial charge is 0.367 e. The molecule has 2 aromatic carbocycles. The third-order valence-corrected chi connectivity index (χ3v) is 5.11. The van der Waals surface area contributed by atoms with Gasteiger partial charge in [0.2, 0.25) is 5.91 Å². The first-order chi connectivity index (χ1) is 12.5. The van der Waals surface area contributed by atoms with E-state index in [-0.39, 0.29) is 5.91 Å². The van der Waals surface area contributed by atoms with E-state index in [2.05, 4.69) is 22.0 Å². The minimum atomic E-state index is -0.0236. The van der Waals surface area contributed by atoms with Crippen molar-refractivity contribution >= 4 is 28.9 Å². The highest BCUT2D eigenvalue weighted by Crippen LogP contribution is 2.30. The van der Waals surface area contributed by atoms with E-state index in [1.165, 1.54) is 5.56 Å². The van der Waals surface area contributed by atoms with Gasteiger partial charge < -0.3 is 15.1 Å². The number of rotatable bonds is 5. The highest BCUT2D eigenvalue weighted by molar-refractivity contribution is 6.31. The van der Waals surface area contributed by atoms with E-state index in [1.807, 2.05) is 49.4 Å². The average Bonchev–Trinajstić information content (AvgIpc) is 2.64. The SMILES string of the molecule is CCN1CCN(c2ccc(Cl)cc2NC(=O)Cc2ccc(C)cc2)CC1. The van der Waals surface area contributed by atoms with Crippen molar-refractivity contribution in [2.24, 2.45) is 0 Å². The van der Waals surface area contributed by atoms with Gasteiger partial charge >= 0.3 is 0 Å². The predicted molar refractivity (Wildman–Crippen MR) is 109 cm³/mol. The number of piperazine rings is 1. The molecule has 0 aliphatic carbocycles. The Balaban J connectivity index is 1.71. The van der Waals surface area contributed by atoms with Crippen molar-refractivity contribution in [1.29, 1.82) is 0 Å². The van der Waals surface area contributed by atoms with Gasteiger partial charge in [0.15, 0.2) is 0 Å². The predicted octanol–water partition coefficient (Wildman–Crippen LogP) is 3.97. The normalized spacial score (nSPS) is 15.1. The van der Waals surface area contributed by atoms with Crippen LogP contribution in [-0.4, -0.2) is 43.5 Å². The minimum absolute atomic E-state index is 0.0236. The quantitative estimate of drug-likeness (QED) is 0.863. The van der Waals surface area contributed by atoms with E-state index in [4.69, 9.17) is 11.6 Å². The van der Waals surface area contributed by atoms with Crippen LogP contribution in [0.3, 0.4) is 0 Å². The fourth-order valence-corrected chi connectivity index (χ4v) is 3.45. The molecule has 0 aromatic heterocycles. The van der Waals surface area contributed by atoms with E-state index < -0.39 is 0 Å². The number of aryl methyl sites for hydroxylation is 1. The number of anilines is 2. The number of carbonyl (C=O) groups excluding carboxylic acids is 1. The lowest BCUT2D eigenvalue weighted by Crippen LogP contribution is -2.46. The third-order valence-electron chi connectivity index (χ3n) is 4.88. The Morgan fingerprint density at radius 2 is 1.77 bits per heavy atom. The summed E-state index contributed by atoms with van der Waals surface area (Å²) in [5, 5.41) is 3.69. The van der Waals surface area contributed by atoms with Crippen LogP contribution in [0.25, 0.3) is 0 Å². The molecule has 1 saturated heterocycles. The van der Waals surface area contributed by atoms with E-state index >= 15 is 0 Å². The van der Waals surface area contributed by atoms with Crippen LogP contribution in [0, 0.1) is 6.92 Å². The highest BCUT2D eigenvalue weighted by Gasteiger charge is 2.19. The molecule has 1 fully saturated rings. The zero-order valence-corrected chi connectivity index (χ0v) is 16.2. The smallest absolute Gasteiger partial charge is 0.228 e. The minimum Gasteiger partial charge on any atom is -0.367 e. The number of nitrogens with one attached hydrogen (secondary N) is 1. The van der Waals surface area contributed by atoms with Gasteiger partial charge in [-0.1, -0.05) is 48.4 Å². The van der Waals surface area contributed by atoms with Crippen LogP contribution in [0.15, 0.2) is 42.5 Å². The molecule has 0 atom stereocenters. The molecule has 1 aliphatic rings. The Morgan fingerprint density at radius 3 is 2.42 bits per heavy atom. The third kappa shape index (κ3) is 4.77. The topological polar surface area (TPSA) is 35.6 Å². The van der Waals surface area contributed by atoms with Crippen molar-refractivity contribution in [3.05, 3.63) is 58.6 Å². The Hall–Kier alpha value is -2.04. The summed E-state index contributed by atoms with van der Waals surface area (Å²) in [5.74, 6) is -0.0236. The first kappa shape index (κ1) is 18.7. The lowest BCUT2D eigenvalue weighted by atomic mass is 10.1. The number of nitrogens with zero attached hydrogens (tertiary/aromatic N) is 2. The van der Waals surface area contributed by atoms with Gasteiger partial charge in [0, 0.05) is 31.2 Å². The summed E-state index contributed by atoms with van der Waals surface area (Å²) in [4.78, 5) is 17.3. The number of amides is 1. The molecule has 0 radical (unpaired) electrons. The fourth-order valence-electron chi connectivity index (χ4n) is 3.27. The first-order valence-corrected chi connectivity index (χ1v) is 9.55. The van der Waals surface area contributed by atoms with Gasteiger partial charge in [0.25, 0.3) is 0 Å². The molecule has 138 valence electrons. The number of benzene rings is 2. The van der Waals surface area contributed by atoms with Gasteiger partial charge in [0.1, 0.15) is 0 Å². The molecule has 5 heteroatoms. The van der Waals surface area contributed by atoms with Gasteiger partial charge in [-0.15, -0.1) is 0 Å². The Bertz CT molecular complexity index is 752. The van der Waals surface area contributed by atoms with Crippen molar-refractivity contribution in [3.8, 4) is 0 Å². The van der Waals surface area contributed by atoms with Gasteiger partial charge in [-0.05, 0) is 37.2 Å². The summed E-state index contributed by atoms with van der Waals surface area (Å²) in [5.41, 5.74) is 4.03. The van der Waals surface area contributed by atoms with Crippen LogP contribution in [0.1, 0.15) is 18.1 Å².